The molecular weight excluding hydrogens is 252 g/mol. The van der Waals surface area contributed by atoms with Gasteiger partial charge in [0.15, 0.2) is 5.78 Å². The van der Waals surface area contributed by atoms with Crippen molar-refractivity contribution in [3.05, 3.63) is 58.7 Å². The molecule has 0 aliphatic heterocycles. The van der Waals surface area contributed by atoms with Crippen LogP contribution in [-0.4, -0.2) is 16.0 Å². The number of rotatable bonds is 4. The van der Waals surface area contributed by atoms with Crippen LogP contribution in [0.25, 0.3) is 0 Å². The molecule has 0 unspecified atom stereocenters. The summed E-state index contributed by atoms with van der Waals surface area (Å²) in [6.07, 6.45) is 1.60. The van der Waals surface area contributed by atoms with Crippen LogP contribution < -0.4 is 0 Å². The molecule has 20 heavy (non-hydrogen) atoms. The molecule has 2 aromatic rings. The number of hydrogen-bond donors (Lipinski definition) is 2. The van der Waals surface area contributed by atoms with Gasteiger partial charge in [-0.1, -0.05) is 19.4 Å². The van der Waals surface area contributed by atoms with Gasteiger partial charge in [0.25, 0.3) is 0 Å². The highest BCUT2D eigenvalue weighted by atomic mass is 16.3. The molecule has 0 aliphatic rings. The maximum absolute atomic E-state index is 12.4. The van der Waals surface area contributed by atoms with Gasteiger partial charge in [-0.25, -0.2) is 0 Å². The first-order valence-corrected chi connectivity index (χ1v) is 6.69. The summed E-state index contributed by atoms with van der Waals surface area (Å²) in [6.45, 7) is 3.87. The molecule has 3 nitrogen and oxygen atoms in total. The third-order valence-electron chi connectivity index (χ3n) is 3.26. The van der Waals surface area contributed by atoms with Gasteiger partial charge in [-0.05, 0) is 54.8 Å². The monoisotopic (exact) mass is 270 g/mol. The Bertz CT molecular complexity index is 645. The van der Waals surface area contributed by atoms with Crippen molar-refractivity contribution < 1.29 is 15.0 Å². The lowest BCUT2D eigenvalue weighted by Crippen LogP contribution is -2.03. The summed E-state index contributed by atoms with van der Waals surface area (Å²) in [7, 11) is 0. The van der Waals surface area contributed by atoms with E-state index in [9.17, 15) is 15.0 Å². The van der Waals surface area contributed by atoms with Crippen molar-refractivity contribution in [3.63, 3.8) is 0 Å². The van der Waals surface area contributed by atoms with E-state index in [2.05, 4.69) is 0 Å². The maximum Gasteiger partial charge on any atom is 0.196 e. The highest BCUT2D eigenvalue weighted by Gasteiger charge is 2.15. The van der Waals surface area contributed by atoms with Gasteiger partial charge in [-0.3, -0.25) is 4.79 Å². The van der Waals surface area contributed by atoms with Crippen molar-refractivity contribution in [2.24, 2.45) is 0 Å². The first-order chi connectivity index (χ1) is 9.52. The van der Waals surface area contributed by atoms with Gasteiger partial charge in [0.2, 0.25) is 0 Å². The Balaban J connectivity index is 2.40. The first kappa shape index (κ1) is 14.1. The highest BCUT2D eigenvalue weighted by molar-refractivity contribution is 6.10. The van der Waals surface area contributed by atoms with E-state index in [1.165, 1.54) is 6.07 Å². The van der Waals surface area contributed by atoms with Crippen LogP contribution in [0.1, 0.15) is 40.4 Å². The molecule has 2 aromatic carbocycles. The summed E-state index contributed by atoms with van der Waals surface area (Å²) >= 11 is 0. The van der Waals surface area contributed by atoms with E-state index in [0.717, 1.165) is 17.5 Å². The minimum Gasteiger partial charge on any atom is -0.508 e. The first-order valence-electron chi connectivity index (χ1n) is 6.69. The summed E-state index contributed by atoms with van der Waals surface area (Å²) in [5.74, 6) is -0.0449. The number of aryl methyl sites for hydroxylation is 2. The molecule has 0 aromatic heterocycles. The molecule has 0 aliphatic carbocycles. The van der Waals surface area contributed by atoms with E-state index < -0.39 is 0 Å². The molecule has 0 saturated heterocycles. The van der Waals surface area contributed by atoms with Gasteiger partial charge in [0, 0.05) is 5.56 Å². The molecule has 0 heterocycles. The predicted molar refractivity (Wildman–Crippen MR) is 78.4 cm³/mol. The van der Waals surface area contributed by atoms with Crippen LogP contribution >= 0.6 is 0 Å². The smallest absolute Gasteiger partial charge is 0.196 e. The van der Waals surface area contributed by atoms with E-state index in [0.29, 0.717) is 12.0 Å². The number of phenols is 2. The lowest BCUT2D eigenvalue weighted by Gasteiger charge is -2.08. The number of carbonyl (C=O) groups excluding carboxylic acids is 1. The van der Waals surface area contributed by atoms with Crippen LogP contribution in [0, 0.1) is 6.92 Å². The van der Waals surface area contributed by atoms with Gasteiger partial charge >= 0.3 is 0 Å². The summed E-state index contributed by atoms with van der Waals surface area (Å²) in [4.78, 5) is 12.4. The van der Waals surface area contributed by atoms with Crippen LogP contribution in [0.4, 0.5) is 0 Å². The van der Waals surface area contributed by atoms with Gasteiger partial charge in [0.05, 0.1) is 5.56 Å². The standard InChI is InChI=1S/C17H18O3/c1-3-4-12-10-13(6-8-15(12)18)17(20)14-7-5-11(2)9-16(14)19/h5-10,18-19H,3-4H2,1-2H3. The van der Waals surface area contributed by atoms with Crippen LogP contribution in [0.5, 0.6) is 11.5 Å². The average molecular weight is 270 g/mol. The molecule has 104 valence electrons. The van der Waals surface area contributed by atoms with E-state index in [-0.39, 0.29) is 22.8 Å². The Hall–Kier alpha value is -2.29. The fourth-order valence-electron chi connectivity index (χ4n) is 2.19. The summed E-state index contributed by atoms with van der Waals surface area (Å²) < 4.78 is 0. The van der Waals surface area contributed by atoms with Crippen molar-refractivity contribution in [1.82, 2.24) is 0 Å². The second-order valence-corrected chi connectivity index (χ2v) is 4.94. The van der Waals surface area contributed by atoms with Crippen molar-refractivity contribution in [2.75, 3.05) is 0 Å². The lowest BCUT2D eigenvalue weighted by molar-refractivity contribution is 0.103. The van der Waals surface area contributed by atoms with Gasteiger partial charge in [-0.2, -0.15) is 0 Å². The molecule has 0 fully saturated rings. The zero-order valence-electron chi connectivity index (χ0n) is 11.7. The van der Waals surface area contributed by atoms with Gasteiger partial charge in [0.1, 0.15) is 11.5 Å². The van der Waals surface area contributed by atoms with Crippen molar-refractivity contribution >= 4 is 5.78 Å². The minimum absolute atomic E-state index is 0.0138. The van der Waals surface area contributed by atoms with Crippen molar-refractivity contribution in [3.8, 4) is 11.5 Å². The van der Waals surface area contributed by atoms with Crippen molar-refractivity contribution in [2.45, 2.75) is 26.7 Å². The zero-order valence-corrected chi connectivity index (χ0v) is 11.7. The largest absolute Gasteiger partial charge is 0.508 e. The second-order valence-electron chi connectivity index (χ2n) is 4.94. The quantitative estimate of drug-likeness (QED) is 0.835. The van der Waals surface area contributed by atoms with Crippen molar-refractivity contribution in [1.29, 1.82) is 0 Å². The summed E-state index contributed by atoms with van der Waals surface area (Å²) in [5.41, 5.74) is 2.41. The number of phenolic OH excluding ortho intramolecular Hbond substituents is 2. The molecule has 2 N–H and O–H groups in total. The number of aromatic hydroxyl groups is 2. The number of ketones is 1. The molecule has 0 atom stereocenters. The average Bonchev–Trinajstić information content (AvgIpc) is 2.41. The fraction of sp³-hybridized carbons (Fsp3) is 0.235. The normalized spacial score (nSPS) is 10.5. The number of hydrogen-bond acceptors (Lipinski definition) is 3. The van der Waals surface area contributed by atoms with Gasteiger partial charge < -0.3 is 10.2 Å². The molecular formula is C17H18O3. The van der Waals surface area contributed by atoms with Crippen LogP contribution in [0.3, 0.4) is 0 Å². The Kier molecular flexibility index (Phi) is 4.08. The minimum atomic E-state index is -0.236. The topological polar surface area (TPSA) is 57.5 Å². The van der Waals surface area contributed by atoms with E-state index in [1.807, 2.05) is 13.8 Å². The fourth-order valence-corrected chi connectivity index (χ4v) is 2.19. The number of benzene rings is 2. The molecule has 0 saturated carbocycles. The van der Waals surface area contributed by atoms with E-state index >= 15 is 0 Å². The van der Waals surface area contributed by atoms with Gasteiger partial charge in [-0.15, -0.1) is 0 Å². The summed E-state index contributed by atoms with van der Waals surface area (Å²) in [5, 5.41) is 19.6. The molecule has 0 bridgehead atoms. The highest BCUT2D eigenvalue weighted by Crippen LogP contribution is 2.25. The maximum atomic E-state index is 12.4. The Morgan fingerprint density at radius 2 is 1.80 bits per heavy atom. The Labute approximate surface area is 118 Å². The predicted octanol–water partition coefficient (Wildman–Crippen LogP) is 3.59. The Morgan fingerprint density at radius 1 is 1.05 bits per heavy atom. The van der Waals surface area contributed by atoms with Crippen LogP contribution in [-0.2, 0) is 6.42 Å². The lowest BCUT2D eigenvalue weighted by atomic mass is 9.98. The molecule has 0 spiro atoms. The van der Waals surface area contributed by atoms with Crippen LogP contribution in [0.15, 0.2) is 36.4 Å². The Morgan fingerprint density at radius 3 is 2.45 bits per heavy atom. The zero-order chi connectivity index (χ0) is 14.7. The summed E-state index contributed by atoms with van der Waals surface area (Å²) in [6, 6.07) is 9.79. The third-order valence-corrected chi connectivity index (χ3v) is 3.26. The third kappa shape index (κ3) is 2.82. The van der Waals surface area contributed by atoms with Crippen LogP contribution in [0.2, 0.25) is 0 Å². The SMILES string of the molecule is CCCc1cc(C(=O)c2ccc(C)cc2O)ccc1O. The number of carbonyl (C=O) groups is 1. The molecule has 0 amide bonds. The molecule has 0 radical (unpaired) electrons. The van der Waals surface area contributed by atoms with E-state index in [1.54, 1.807) is 30.3 Å². The molecule has 3 heteroatoms. The second kappa shape index (κ2) is 5.78. The van der Waals surface area contributed by atoms with E-state index in [4.69, 9.17) is 0 Å². The molecule has 2 rings (SSSR count).